The Morgan fingerprint density at radius 1 is 1.44 bits per heavy atom. The van der Waals surface area contributed by atoms with Crippen LogP contribution in [0.1, 0.15) is 35.2 Å². The fourth-order valence-corrected chi connectivity index (χ4v) is 2.39. The van der Waals surface area contributed by atoms with Gasteiger partial charge in [-0.2, -0.15) is 5.10 Å². The van der Waals surface area contributed by atoms with E-state index in [2.05, 4.69) is 22.5 Å². The van der Waals surface area contributed by atoms with Crippen molar-refractivity contribution < 1.29 is 4.42 Å². The molecule has 1 unspecified atom stereocenters. The maximum atomic E-state index is 5.60. The van der Waals surface area contributed by atoms with Gasteiger partial charge in [-0.05, 0) is 45.9 Å². The molecule has 0 amide bonds. The van der Waals surface area contributed by atoms with E-state index < -0.39 is 0 Å². The van der Waals surface area contributed by atoms with Gasteiger partial charge in [0.1, 0.15) is 11.5 Å². The maximum absolute atomic E-state index is 5.60. The normalized spacial score (nSPS) is 12.9. The second kappa shape index (κ2) is 5.40. The van der Waals surface area contributed by atoms with E-state index in [0.717, 1.165) is 24.4 Å². The number of hydrogen-bond donors (Lipinski definition) is 1. The molecule has 2 heterocycles. The minimum atomic E-state index is 0.331. The van der Waals surface area contributed by atoms with Gasteiger partial charge in [0.2, 0.25) is 0 Å². The lowest BCUT2D eigenvalue weighted by atomic mass is 10.0. The van der Waals surface area contributed by atoms with Crippen molar-refractivity contribution in [1.29, 1.82) is 0 Å². The Hall–Kier alpha value is -1.55. The summed E-state index contributed by atoms with van der Waals surface area (Å²) < 4.78 is 7.53. The van der Waals surface area contributed by atoms with Gasteiger partial charge in [0.25, 0.3) is 0 Å². The molecule has 2 rings (SSSR count). The number of aromatic nitrogens is 2. The molecule has 2 aromatic rings. The molecule has 0 aliphatic rings. The number of hydrogen-bond acceptors (Lipinski definition) is 3. The predicted octanol–water partition coefficient (Wildman–Crippen LogP) is 2.52. The lowest BCUT2D eigenvalue weighted by Crippen LogP contribution is -2.18. The Morgan fingerprint density at radius 3 is 2.72 bits per heavy atom. The van der Waals surface area contributed by atoms with Crippen molar-refractivity contribution in [1.82, 2.24) is 15.1 Å². The van der Waals surface area contributed by atoms with E-state index in [1.54, 1.807) is 0 Å². The monoisotopic (exact) mass is 247 g/mol. The molecule has 0 bridgehead atoms. The van der Waals surface area contributed by atoms with E-state index in [1.807, 2.05) is 38.8 Å². The summed E-state index contributed by atoms with van der Waals surface area (Å²) in [5.41, 5.74) is 2.52. The highest BCUT2D eigenvalue weighted by Crippen LogP contribution is 2.25. The first kappa shape index (κ1) is 12.9. The fraction of sp³-hybridized carbons (Fsp3) is 0.500. The van der Waals surface area contributed by atoms with Crippen molar-refractivity contribution >= 4 is 0 Å². The second-order valence-corrected chi connectivity index (χ2v) is 4.69. The molecular formula is C14H21N3O. The average Bonchev–Trinajstić information content (AvgIpc) is 2.87. The molecule has 0 radical (unpaired) electrons. The van der Waals surface area contributed by atoms with E-state index >= 15 is 0 Å². The Balaban J connectivity index is 2.06. The van der Waals surface area contributed by atoms with Crippen LogP contribution < -0.4 is 5.32 Å². The molecule has 0 aliphatic heterocycles. The van der Waals surface area contributed by atoms with Gasteiger partial charge >= 0.3 is 0 Å². The van der Waals surface area contributed by atoms with Crippen LogP contribution in [0.4, 0.5) is 0 Å². The Bertz CT molecular complexity index is 513. The molecule has 0 aliphatic carbocycles. The second-order valence-electron chi connectivity index (χ2n) is 4.69. The van der Waals surface area contributed by atoms with Crippen LogP contribution in [0.2, 0.25) is 0 Å². The number of furan rings is 1. The molecule has 4 heteroatoms. The number of nitrogens with one attached hydrogen (secondary N) is 1. The van der Waals surface area contributed by atoms with Crippen LogP contribution in [-0.2, 0) is 13.5 Å². The molecule has 0 spiro atoms. The average molecular weight is 247 g/mol. The van der Waals surface area contributed by atoms with Crippen LogP contribution in [0, 0.1) is 13.8 Å². The van der Waals surface area contributed by atoms with Crippen LogP contribution in [0.3, 0.4) is 0 Å². The third kappa shape index (κ3) is 2.64. The molecule has 1 N–H and O–H groups in total. The lowest BCUT2D eigenvalue weighted by Gasteiger charge is -2.15. The van der Waals surface area contributed by atoms with Crippen LogP contribution in [0.5, 0.6) is 0 Å². The minimum Gasteiger partial charge on any atom is -0.466 e. The smallest absolute Gasteiger partial charge is 0.105 e. The summed E-state index contributed by atoms with van der Waals surface area (Å²) in [6, 6.07) is 4.53. The van der Waals surface area contributed by atoms with Gasteiger partial charge in [-0.25, -0.2) is 0 Å². The zero-order chi connectivity index (χ0) is 13.1. The molecule has 98 valence electrons. The minimum absolute atomic E-state index is 0.331. The zero-order valence-electron chi connectivity index (χ0n) is 11.5. The molecule has 0 fully saturated rings. The van der Waals surface area contributed by atoms with Gasteiger partial charge in [-0.15, -0.1) is 0 Å². The number of aryl methyl sites for hydroxylation is 4. The third-order valence-electron chi connectivity index (χ3n) is 3.41. The molecule has 1 atom stereocenters. The van der Waals surface area contributed by atoms with Crippen LogP contribution >= 0.6 is 0 Å². The Kier molecular flexibility index (Phi) is 3.87. The zero-order valence-corrected chi connectivity index (χ0v) is 11.5. The summed E-state index contributed by atoms with van der Waals surface area (Å²) in [5, 5.41) is 7.56. The van der Waals surface area contributed by atoms with Gasteiger partial charge < -0.3 is 9.73 Å². The van der Waals surface area contributed by atoms with Crippen molar-refractivity contribution in [2.45, 2.75) is 32.7 Å². The molecule has 4 nitrogen and oxygen atoms in total. The first-order valence-electron chi connectivity index (χ1n) is 6.33. The lowest BCUT2D eigenvalue weighted by molar-refractivity contribution is 0.482. The van der Waals surface area contributed by atoms with Gasteiger partial charge in [0, 0.05) is 30.5 Å². The van der Waals surface area contributed by atoms with Crippen LogP contribution in [0.25, 0.3) is 0 Å². The molecule has 0 saturated carbocycles. The van der Waals surface area contributed by atoms with Crippen molar-refractivity contribution in [2.75, 3.05) is 7.05 Å². The predicted molar refractivity (Wildman–Crippen MR) is 71.5 cm³/mol. The first-order chi connectivity index (χ1) is 8.61. The van der Waals surface area contributed by atoms with E-state index in [1.165, 1.54) is 11.3 Å². The highest BCUT2D eigenvalue weighted by atomic mass is 16.3. The quantitative estimate of drug-likeness (QED) is 0.883. The summed E-state index contributed by atoms with van der Waals surface area (Å²) in [7, 11) is 3.98. The highest BCUT2D eigenvalue weighted by Gasteiger charge is 2.15. The van der Waals surface area contributed by atoms with Crippen molar-refractivity contribution in [2.24, 2.45) is 7.05 Å². The van der Waals surface area contributed by atoms with Gasteiger partial charge in [-0.1, -0.05) is 0 Å². The van der Waals surface area contributed by atoms with E-state index in [-0.39, 0.29) is 0 Å². The molecule has 2 aromatic heterocycles. The van der Waals surface area contributed by atoms with Gasteiger partial charge in [0.05, 0.1) is 0 Å². The third-order valence-corrected chi connectivity index (χ3v) is 3.41. The molecule has 0 aromatic carbocycles. The van der Waals surface area contributed by atoms with E-state index in [0.29, 0.717) is 6.04 Å². The van der Waals surface area contributed by atoms with Gasteiger partial charge in [-0.3, -0.25) is 4.68 Å². The fourth-order valence-electron chi connectivity index (χ4n) is 2.39. The number of rotatable bonds is 5. The van der Waals surface area contributed by atoms with Crippen LogP contribution in [-0.4, -0.2) is 16.8 Å². The summed E-state index contributed by atoms with van der Waals surface area (Å²) in [5.74, 6) is 1.99. The standard InChI is InChI=1S/C14H21N3O/c1-10-9-13(11(2)18-10)14(15-3)6-5-12-7-8-16-17(12)4/h7-9,14-15H,5-6H2,1-4H3. The SMILES string of the molecule is CNC(CCc1ccnn1C)c1cc(C)oc1C. The molecule has 18 heavy (non-hydrogen) atoms. The Morgan fingerprint density at radius 2 is 2.22 bits per heavy atom. The van der Waals surface area contributed by atoms with Crippen molar-refractivity contribution in [3.05, 3.63) is 41.1 Å². The van der Waals surface area contributed by atoms with Crippen LogP contribution in [0.15, 0.2) is 22.7 Å². The molecular weight excluding hydrogens is 226 g/mol. The largest absolute Gasteiger partial charge is 0.466 e. The molecule has 0 saturated heterocycles. The summed E-state index contributed by atoms with van der Waals surface area (Å²) in [6.45, 7) is 4.01. The number of nitrogens with zero attached hydrogens (tertiary/aromatic N) is 2. The van der Waals surface area contributed by atoms with E-state index in [9.17, 15) is 0 Å². The Labute approximate surface area is 108 Å². The van der Waals surface area contributed by atoms with Crippen molar-refractivity contribution in [3.8, 4) is 0 Å². The summed E-state index contributed by atoms with van der Waals surface area (Å²) in [4.78, 5) is 0. The maximum Gasteiger partial charge on any atom is 0.105 e. The topological polar surface area (TPSA) is 43.0 Å². The van der Waals surface area contributed by atoms with E-state index in [4.69, 9.17) is 4.42 Å². The van der Waals surface area contributed by atoms with Gasteiger partial charge in [0.15, 0.2) is 0 Å². The van der Waals surface area contributed by atoms with Crippen molar-refractivity contribution in [3.63, 3.8) is 0 Å². The first-order valence-corrected chi connectivity index (χ1v) is 6.33. The summed E-state index contributed by atoms with van der Waals surface area (Å²) in [6.07, 6.45) is 3.89. The summed E-state index contributed by atoms with van der Waals surface area (Å²) >= 11 is 0. The highest BCUT2D eigenvalue weighted by molar-refractivity contribution is 5.24.